The van der Waals surface area contributed by atoms with Gasteiger partial charge in [-0.25, -0.2) is 0 Å². The van der Waals surface area contributed by atoms with Crippen molar-refractivity contribution < 1.29 is 4.42 Å². The summed E-state index contributed by atoms with van der Waals surface area (Å²) in [5.74, 6) is 0.798. The molecule has 1 heterocycles. The highest BCUT2D eigenvalue weighted by molar-refractivity contribution is 5.80. The van der Waals surface area contributed by atoms with E-state index >= 15 is 0 Å². The van der Waals surface area contributed by atoms with Crippen LogP contribution in [0.4, 0.5) is 5.88 Å². The van der Waals surface area contributed by atoms with E-state index in [4.69, 9.17) is 10.2 Å². The molecule has 0 aliphatic rings. The van der Waals surface area contributed by atoms with Crippen LogP contribution in [0.2, 0.25) is 0 Å². The number of hydrogen-bond donors (Lipinski definition) is 2. The van der Waals surface area contributed by atoms with Crippen molar-refractivity contribution in [3.8, 4) is 0 Å². The van der Waals surface area contributed by atoms with Crippen molar-refractivity contribution >= 4 is 16.9 Å². The molecule has 0 saturated heterocycles. The Balaban J connectivity index is 1.57. The van der Waals surface area contributed by atoms with Gasteiger partial charge < -0.3 is 15.5 Å². The van der Waals surface area contributed by atoms with Crippen LogP contribution >= 0.6 is 0 Å². The topological polar surface area (TPSA) is 51.2 Å². The molecule has 102 valence electrons. The molecular weight excluding hydrogens is 248 g/mol. The summed E-state index contributed by atoms with van der Waals surface area (Å²) in [5, 5.41) is 4.40. The summed E-state index contributed by atoms with van der Waals surface area (Å²) in [6.07, 6.45) is 0.862. The lowest BCUT2D eigenvalue weighted by atomic mass is 10.1. The minimum absolute atomic E-state index is 0.0491. The molecule has 2 aromatic carbocycles. The van der Waals surface area contributed by atoms with E-state index in [2.05, 4.69) is 17.4 Å². The predicted octanol–water partition coefficient (Wildman–Crippen LogP) is 3.93. The monoisotopic (exact) mass is 266 g/mol. The van der Waals surface area contributed by atoms with Gasteiger partial charge in [0.25, 0.3) is 0 Å². The van der Waals surface area contributed by atoms with Gasteiger partial charge in [-0.1, -0.05) is 48.5 Å². The normalized spacial score (nSPS) is 12.4. The third kappa shape index (κ3) is 2.83. The molecule has 1 aromatic heterocycles. The average molecular weight is 266 g/mol. The van der Waals surface area contributed by atoms with Crippen LogP contribution in [-0.2, 0) is 0 Å². The summed E-state index contributed by atoms with van der Waals surface area (Å²) in [5.41, 5.74) is 8.23. The van der Waals surface area contributed by atoms with Crippen LogP contribution < -0.4 is 11.1 Å². The van der Waals surface area contributed by atoms with Gasteiger partial charge in [0.1, 0.15) is 5.58 Å². The molecule has 3 N–H and O–H groups in total. The van der Waals surface area contributed by atoms with E-state index in [0.29, 0.717) is 0 Å². The van der Waals surface area contributed by atoms with Gasteiger partial charge >= 0.3 is 0 Å². The van der Waals surface area contributed by atoms with Crippen molar-refractivity contribution in [3.63, 3.8) is 0 Å². The second-order valence-electron chi connectivity index (χ2n) is 4.88. The SMILES string of the molecule is NC(CCNc1cc2ccccc2o1)c1ccccc1. The summed E-state index contributed by atoms with van der Waals surface area (Å²) in [7, 11) is 0. The molecule has 20 heavy (non-hydrogen) atoms. The Labute approximate surface area is 118 Å². The van der Waals surface area contributed by atoms with E-state index in [1.54, 1.807) is 0 Å². The van der Waals surface area contributed by atoms with Gasteiger partial charge in [0.05, 0.1) is 0 Å². The Morgan fingerprint density at radius 3 is 2.55 bits per heavy atom. The van der Waals surface area contributed by atoms with Crippen LogP contribution in [0.5, 0.6) is 0 Å². The number of fused-ring (bicyclic) bond motifs is 1. The van der Waals surface area contributed by atoms with Crippen LogP contribution in [0.25, 0.3) is 11.0 Å². The summed E-state index contributed by atoms with van der Waals surface area (Å²) < 4.78 is 5.70. The average Bonchev–Trinajstić information content (AvgIpc) is 2.90. The fourth-order valence-electron chi connectivity index (χ4n) is 2.29. The van der Waals surface area contributed by atoms with E-state index in [1.165, 1.54) is 5.56 Å². The zero-order valence-electron chi connectivity index (χ0n) is 11.3. The molecule has 0 spiro atoms. The first-order valence-corrected chi connectivity index (χ1v) is 6.86. The van der Waals surface area contributed by atoms with Gasteiger partial charge in [-0.05, 0) is 18.1 Å². The van der Waals surface area contributed by atoms with Crippen molar-refractivity contribution in [2.24, 2.45) is 5.73 Å². The highest BCUT2D eigenvalue weighted by Gasteiger charge is 2.06. The van der Waals surface area contributed by atoms with Crippen LogP contribution in [0.1, 0.15) is 18.0 Å². The fraction of sp³-hybridized carbons (Fsp3) is 0.176. The van der Waals surface area contributed by atoms with Gasteiger partial charge in [0.2, 0.25) is 0 Å². The van der Waals surface area contributed by atoms with Crippen LogP contribution in [0.15, 0.2) is 65.1 Å². The second kappa shape index (κ2) is 5.80. The molecule has 0 aliphatic heterocycles. The van der Waals surface area contributed by atoms with E-state index in [1.807, 2.05) is 48.5 Å². The fourth-order valence-corrected chi connectivity index (χ4v) is 2.29. The molecule has 1 unspecified atom stereocenters. The maximum atomic E-state index is 6.16. The van der Waals surface area contributed by atoms with E-state index in [-0.39, 0.29) is 6.04 Å². The molecular formula is C17H18N2O. The Kier molecular flexibility index (Phi) is 3.70. The largest absolute Gasteiger partial charge is 0.441 e. The molecule has 0 fully saturated rings. The van der Waals surface area contributed by atoms with Crippen molar-refractivity contribution in [1.82, 2.24) is 0 Å². The predicted molar refractivity (Wildman–Crippen MR) is 82.7 cm³/mol. The van der Waals surface area contributed by atoms with E-state index < -0.39 is 0 Å². The second-order valence-corrected chi connectivity index (χ2v) is 4.88. The zero-order valence-corrected chi connectivity index (χ0v) is 11.3. The number of hydrogen-bond acceptors (Lipinski definition) is 3. The first kappa shape index (κ1) is 12.8. The van der Waals surface area contributed by atoms with Crippen molar-refractivity contribution in [2.75, 3.05) is 11.9 Å². The van der Waals surface area contributed by atoms with E-state index in [9.17, 15) is 0 Å². The third-order valence-corrected chi connectivity index (χ3v) is 3.41. The third-order valence-electron chi connectivity index (χ3n) is 3.41. The van der Waals surface area contributed by atoms with Gasteiger partial charge in [0.15, 0.2) is 5.88 Å². The quantitative estimate of drug-likeness (QED) is 0.735. The lowest BCUT2D eigenvalue weighted by Gasteiger charge is -2.11. The van der Waals surface area contributed by atoms with Gasteiger partial charge in [0, 0.05) is 24.0 Å². The number of rotatable bonds is 5. The van der Waals surface area contributed by atoms with Crippen LogP contribution in [0, 0.1) is 0 Å². The number of anilines is 1. The molecule has 0 saturated carbocycles. The van der Waals surface area contributed by atoms with Gasteiger partial charge in [-0.15, -0.1) is 0 Å². The number of para-hydroxylation sites is 1. The lowest BCUT2D eigenvalue weighted by molar-refractivity contribution is 0.612. The van der Waals surface area contributed by atoms with Crippen LogP contribution in [0.3, 0.4) is 0 Å². The Morgan fingerprint density at radius 2 is 1.75 bits per heavy atom. The maximum absolute atomic E-state index is 6.16. The Hall–Kier alpha value is -2.26. The molecule has 3 rings (SSSR count). The zero-order chi connectivity index (χ0) is 13.8. The van der Waals surface area contributed by atoms with Gasteiger partial charge in [-0.2, -0.15) is 0 Å². The molecule has 0 amide bonds. The molecule has 0 bridgehead atoms. The summed E-state index contributed by atoms with van der Waals surface area (Å²) in [4.78, 5) is 0. The molecule has 3 aromatic rings. The molecule has 3 nitrogen and oxygen atoms in total. The maximum Gasteiger partial charge on any atom is 0.194 e. The Morgan fingerprint density at radius 1 is 1.00 bits per heavy atom. The lowest BCUT2D eigenvalue weighted by Crippen LogP contribution is -2.15. The number of nitrogens with one attached hydrogen (secondary N) is 1. The first-order chi connectivity index (χ1) is 9.83. The number of nitrogens with two attached hydrogens (primary N) is 1. The summed E-state index contributed by atoms with van der Waals surface area (Å²) in [6, 6.07) is 20.2. The molecule has 0 aliphatic carbocycles. The van der Waals surface area contributed by atoms with Gasteiger partial charge in [-0.3, -0.25) is 0 Å². The van der Waals surface area contributed by atoms with Crippen molar-refractivity contribution in [2.45, 2.75) is 12.5 Å². The van der Waals surface area contributed by atoms with Crippen molar-refractivity contribution in [3.05, 3.63) is 66.2 Å². The molecule has 1 atom stereocenters. The standard InChI is InChI=1S/C17H18N2O/c18-15(13-6-2-1-3-7-13)10-11-19-17-12-14-8-4-5-9-16(14)20-17/h1-9,12,15,19H,10-11,18H2. The summed E-state index contributed by atoms with van der Waals surface area (Å²) >= 11 is 0. The van der Waals surface area contributed by atoms with E-state index in [0.717, 1.165) is 29.8 Å². The van der Waals surface area contributed by atoms with Crippen LogP contribution in [-0.4, -0.2) is 6.54 Å². The molecule has 0 radical (unpaired) electrons. The number of furan rings is 1. The highest BCUT2D eigenvalue weighted by atomic mass is 16.3. The Bertz CT molecular complexity index is 643. The highest BCUT2D eigenvalue weighted by Crippen LogP contribution is 2.22. The minimum Gasteiger partial charge on any atom is -0.441 e. The molecule has 3 heteroatoms. The minimum atomic E-state index is 0.0491. The smallest absolute Gasteiger partial charge is 0.194 e. The number of benzene rings is 2. The van der Waals surface area contributed by atoms with Crippen molar-refractivity contribution in [1.29, 1.82) is 0 Å². The first-order valence-electron chi connectivity index (χ1n) is 6.86. The summed E-state index contributed by atoms with van der Waals surface area (Å²) in [6.45, 7) is 0.788.